The molecule has 3 N–H and O–H groups in total. The zero-order valence-corrected chi connectivity index (χ0v) is 20.9. The van der Waals surface area contributed by atoms with E-state index in [1.165, 1.54) is 18.4 Å². The number of ether oxygens (including phenoxy) is 1. The number of aliphatic hydroxyl groups is 3. The summed E-state index contributed by atoms with van der Waals surface area (Å²) < 4.78 is 5.71. The van der Waals surface area contributed by atoms with Crippen molar-refractivity contribution < 1.29 is 20.1 Å². The van der Waals surface area contributed by atoms with Gasteiger partial charge in [-0.2, -0.15) is 0 Å². The molecule has 3 rings (SSSR count). The van der Waals surface area contributed by atoms with Crippen LogP contribution in [0.2, 0.25) is 0 Å². The molecule has 0 heterocycles. The standard InChI is InChI=1S/C29H42O4/c1-6-24-14-15-25-22(11-9-16-27(24,25)5)12-13-23-19-29(32,20-26(30)21(23)4)33-18-10-17-28(31,7-2)8-3/h12-14,25-26,30-32H,4,6-9,11,15-16,18-20H2,1-3,5H3/t25-,26-,27+,29-/m0/s1. The molecule has 4 heteroatoms. The van der Waals surface area contributed by atoms with Crippen molar-refractivity contribution in [3.63, 3.8) is 0 Å². The molecule has 2 saturated carbocycles. The Morgan fingerprint density at radius 2 is 2.00 bits per heavy atom. The second-order valence-electron chi connectivity index (χ2n) is 10.3. The van der Waals surface area contributed by atoms with Gasteiger partial charge < -0.3 is 20.1 Å². The Morgan fingerprint density at radius 1 is 1.27 bits per heavy atom. The summed E-state index contributed by atoms with van der Waals surface area (Å²) in [5.41, 5.74) is 3.76. The average molecular weight is 455 g/mol. The Labute approximate surface area is 200 Å². The minimum absolute atomic E-state index is 0.00172. The summed E-state index contributed by atoms with van der Waals surface area (Å²) in [5.74, 6) is 4.73. The largest absolute Gasteiger partial charge is 0.388 e. The number of aliphatic hydroxyl groups excluding tert-OH is 1. The van der Waals surface area contributed by atoms with E-state index in [1.807, 2.05) is 19.9 Å². The van der Waals surface area contributed by atoms with E-state index < -0.39 is 17.5 Å². The van der Waals surface area contributed by atoms with Crippen LogP contribution in [0.25, 0.3) is 0 Å². The molecule has 4 nitrogen and oxygen atoms in total. The maximum Gasteiger partial charge on any atom is 0.173 e. The minimum Gasteiger partial charge on any atom is -0.388 e. The smallest absolute Gasteiger partial charge is 0.173 e. The van der Waals surface area contributed by atoms with Gasteiger partial charge in [0.1, 0.15) is 12.2 Å². The third kappa shape index (κ3) is 5.54. The highest BCUT2D eigenvalue weighted by molar-refractivity contribution is 5.40. The monoisotopic (exact) mass is 454 g/mol. The SMILES string of the molecule is C=C1C(=CC=C2CCC[C@]3(C)C(CC)=CC[C@@H]23)C[C@](O)(OCC#CC(O)(CC)CC)C[C@@H]1O. The van der Waals surface area contributed by atoms with Crippen LogP contribution in [0.15, 0.2) is 47.1 Å². The Bertz CT molecular complexity index is 894. The third-order valence-electron chi connectivity index (χ3n) is 8.29. The molecule has 0 aliphatic heterocycles. The molecule has 3 aliphatic rings. The molecule has 0 saturated heterocycles. The van der Waals surface area contributed by atoms with Crippen LogP contribution in [-0.2, 0) is 4.74 Å². The highest BCUT2D eigenvalue weighted by atomic mass is 16.6. The van der Waals surface area contributed by atoms with Crippen molar-refractivity contribution in [2.24, 2.45) is 11.3 Å². The van der Waals surface area contributed by atoms with E-state index in [2.05, 4.69) is 44.4 Å². The van der Waals surface area contributed by atoms with Gasteiger partial charge >= 0.3 is 0 Å². The number of rotatable bonds is 6. The second kappa shape index (κ2) is 10.3. The van der Waals surface area contributed by atoms with Gasteiger partial charge in [0.05, 0.1) is 6.10 Å². The van der Waals surface area contributed by atoms with Crippen molar-refractivity contribution >= 4 is 0 Å². The van der Waals surface area contributed by atoms with Crippen molar-refractivity contribution in [1.82, 2.24) is 0 Å². The summed E-state index contributed by atoms with van der Waals surface area (Å²) in [6.45, 7) is 12.5. The summed E-state index contributed by atoms with van der Waals surface area (Å²) >= 11 is 0. The fourth-order valence-corrected chi connectivity index (χ4v) is 5.86. The highest BCUT2D eigenvalue weighted by Gasteiger charge is 2.44. The van der Waals surface area contributed by atoms with Gasteiger partial charge in [-0.25, -0.2) is 0 Å². The molecule has 0 aromatic heterocycles. The summed E-state index contributed by atoms with van der Waals surface area (Å²) in [5, 5.41) is 31.9. The fourth-order valence-electron chi connectivity index (χ4n) is 5.86. The molecule has 33 heavy (non-hydrogen) atoms. The maximum atomic E-state index is 11.0. The van der Waals surface area contributed by atoms with Gasteiger partial charge in [-0.05, 0) is 67.4 Å². The Hall–Kier alpha value is -1.64. The van der Waals surface area contributed by atoms with E-state index in [1.54, 1.807) is 5.57 Å². The predicted octanol–water partition coefficient (Wildman–Crippen LogP) is 5.36. The predicted molar refractivity (Wildman–Crippen MR) is 133 cm³/mol. The van der Waals surface area contributed by atoms with Crippen molar-refractivity contribution in [3.8, 4) is 11.8 Å². The first-order valence-electron chi connectivity index (χ1n) is 12.6. The van der Waals surface area contributed by atoms with Crippen LogP contribution < -0.4 is 0 Å². The summed E-state index contributed by atoms with van der Waals surface area (Å²) in [7, 11) is 0. The van der Waals surface area contributed by atoms with Gasteiger partial charge in [-0.15, -0.1) is 0 Å². The van der Waals surface area contributed by atoms with E-state index in [-0.39, 0.29) is 24.9 Å². The van der Waals surface area contributed by atoms with Gasteiger partial charge in [-0.1, -0.05) is 75.5 Å². The Kier molecular flexibility index (Phi) is 8.12. The van der Waals surface area contributed by atoms with Crippen molar-refractivity contribution in [1.29, 1.82) is 0 Å². The van der Waals surface area contributed by atoms with E-state index in [0.29, 0.717) is 24.3 Å². The molecular formula is C29H42O4. The fraction of sp³-hybridized carbons (Fsp3) is 0.655. The van der Waals surface area contributed by atoms with Gasteiger partial charge in [-0.3, -0.25) is 0 Å². The van der Waals surface area contributed by atoms with Crippen LogP contribution in [0, 0.1) is 23.2 Å². The first-order chi connectivity index (χ1) is 15.6. The molecule has 0 aromatic rings. The lowest BCUT2D eigenvalue weighted by Gasteiger charge is -2.41. The van der Waals surface area contributed by atoms with Gasteiger partial charge in [0, 0.05) is 12.8 Å². The topological polar surface area (TPSA) is 69.9 Å². The van der Waals surface area contributed by atoms with Crippen LogP contribution >= 0.6 is 0 Å². The van der Waals surface area contributed by atoms with Crippen LogP contribution in [0.5, 0.6) is 0 Å². The maximum absolute atomic E-state index is 11.0. The third-order valence-corrected chi connectivity index (χ3v) is 8.29. The summed E-state index contributed by atoms with van der Waals surface area (Å²) in [6, 6.07) is 0. The number of allylic oxidation sites excluding steroid dienone is 5. The Balaban J connectivity index is 1.74. The molecule has 0 radical (unpaired) electrons. The quantitative estimate of drug-likeness (QED) is 0.287. The van der Waals surface area contributed by atoms with Gasteiger partial charge in [0.25, 0.3) is 0 Å². The zero-order valence-electron chi connectivity index (χ0n) is 20.9. The molecule has 2 fully saturated rings. The van der Waals surface area contributed by atoms with Crippen molar-refractivity contribution in [3.05, 3.63) is 47.1 Å². The van der Waals surface area contributed by atoms with Crippen LogP contribution in [-0.4, -0.2) is 39.4 Å². The Morgan fingerprint density at radius 3 is 2.67 bits per heavy atom. The van der Waals surface area contributed by atoms with Gasteiger partial charge in [0.15, 0.2) is 5.79 Å². The number of hydrogen-bond acceptors (Lipinski definition) is 4. The van der Waals surface area contributed by atoms with E-state index in [0.717, 1.165) is 24.8 Å². The lowest BCUT2D eigenvalue weighted by molar-refractivity contribution is -0.212. The molecular weight excluding hydrogens is 412 g/mol. The van der Waals surface area contributed by atoms with Gasteiger partial charge in [0.2, 0.25) is 0 Å². The number of hydrogen-bond donors (Lipinski definition) is 3. The molecule has 3 aliphatic carbocycles. The summed E-state index contributed by atoms with van der Waals surface area (Å²) in [4.78, 5) is 0. The first-order valence-corrected chi connectivity index (χ1v) is 12.6. The highest BCUT2D eigenvalue weighted by Crippen LogP contribution is 2.55. The molecule has 182 valence electrons. The lowest BCUT2D eigenvalue weighted by atomic mass is 9.64. The summed E-state index contributed by atoms with van der Waals surface area (Å²) in [6.07, 6.45) is 13.0. The zero-order chi connectivity index (χ0) is 24.3. The van der Waals surface area contributed by atoms with Crippen molar-refractivity contribution in [2.75, 3.05) is 6.61 Å². The van der Waals surface area contributed by atoms with Crippen LogP contribution in [0.1, 0.15) is 85.5 Å². The molecule has 0 bridgehead atoms. The van der Waals surface area contributed by atoms with E-state index >= 15 is 0 Å². The molecule has 0 amide bonds. The number of fused-ring (bicyclic) bond motifs is 1. The second-order valence-corrected chi connectivity index (χ2v) is 10.3. The minimum atomic E-state index is -1.50. The molecule has 0 spiro atoms. The molecule has 0 aromatic carbocycles. The van der Waals surface area contributed by atoms with E-state index in [9.17, 15) is 15.3 Å². The average Bonchev–Trinajstić information content (AvgIpc) is 3.14. The van der Waals surface area contributed by atoms with E-state index in [4.69, 9.17) is 4.74 Å². The molecule has 0 unspecified atom stereocenters. The molecule has 4 atom stereocenters. The van der Waals surface area contributed by atoms with Crippen LogP contribution in [0.3, 0.4) is 0 Å². The van der Waals surface area contributed by atoms with Crippen molar-refractivity contribution in [2.45, 2.75) is 103 Å². The lowest BCUT2D eigenvalue weighted by Crippen LogP contribution is -2.42. The normalized spacial score (nSPS) is 34.8. The van der Waals surface area contributed by atoms with Crippen LogP contribution in [0.4, 0.5) is 0 Å². The first kappa shape index (κ1) is 26.0.